The molecule has 9 nitrogen and oxygen atoms in total. The molecule has 0 aliphatic carbocycles. The smallest absolute Gasteiger partial charge is 0.351 e. The molecule has 2 aromatic rings. The van der Waals surface area contributed by atoms with Crippen LogP contribution < -0.4 is 16.7 Å². The lowest BCUT2D eigenvalue weighted by molar-refractivity contribution is -0.140. The van der Waals surface area contributed by atoms with E-state index in [-0.39, 0.29) is 18.4 Å². The molecule has 1 aliphatic rings. The molecule has 26 heavy (non-hydrogen) atoms. The van der Waals surface area contributed by atoms with Crippen LogP contribution in [0.2, 0.25) is 0 Å². The Labute approximate surface area is 147 Å². The molecule has 1 aliphatic heterocycles. The molecule has 0 spiro atoms. The van der Waals surface area contributed by atoms with E-state index in [4.69, 9.17) is 10.5 Å². The van der Waals surface area contributed by atoms with Gasteiger partial charge in [0.2, 0.25) is 6.23 Å². The van der Waals surface area contributed by atoms with Crippen molar-refractivity contribution in [2.75, 3.05) is 12.3 Å². The average molecular weight is 370 g/mol. The molecule has 4 atom stereocenters. The molecule has 1 fully saturated rings. The lowest BCUT2D eigenvalue weighted by Gasteiger charge is -2.20. The zero-order chi connectivity index (χ0) is 19.1. The first kappa shape index (κ1) is 18.4. The van der Waals surface area contributed by atoms with Gasteiger partial charge in [0, 0.05) is 37.6 Å². The highest BCUT2D eigenvalue weighted by Crippen LogP contribution is 2.42. The summed E-state index contributed by atoms with van der Waals surface area (Å²) in [6.45, 7) is 1.79. The number of halogens is 2. The average Bonchev–Trinajstić information content (AvgIpc) is 3.09. The molecule has 1 unspecified atom stereocenters. The van der Waals surface area contributed by atoms with Crippen LogP contribution in [0.1, 0.15) is 24.8 Å². The molecule has 4 N–H and O–H groups in total. The van der Waals surface area contributed by atoms with Crippen molar-refractivity contribution in [3.05, 3.63) is 40.7 Å². The van der Waals surface area contributed by atoms with E-state index in [2.05, 4.69) is 15.4 Å². The van der Waals surface area contributed by atoms with Crippen molar-refractivity contribution in [1.29, 1.82) is 0 Å². The van der Waals surface area contributed by atoms with Crippen molar-refractivity contribution >= 4 is 5.82 Å². The van der Waals surface area contributed by atoms with E-state index in [1.54, 1.807) is 24.1 Å². The SMILES string of the molecule is CC(NC[C@H]1O[C@@H](n2ccc(N)nc2=O)C(F)(F)[C@@H]1O)c1cnn(C)c1. The Morgan fingerprint density at radius 1 is 1.54 bits per heavy atom. The summed E-state index contributed by atoms with van der Waals surface area (Å²) in [6, 6.07) is 1.02. The maximum Gasteiger partial charge on any atom is 0.351 e. The highest BCUT2D eigenvalue weighted by atomic mass is 19.3. The Bertz CT molecular complexity index is 839. The first-order chi connectivity index (χ1) is 12.2. The maximum absolute atomic E-state index is 14.4. The van der Waals surface area contributed by atoms with E-state index in [1.807, 2.05) is 6.92 Å². The van der Waals surface area contributed by atoms with Crippen molar-refractivity contribution in [3.8, 4) is 0 Å². The summed E-state index contributed by atoms with van der Waals surface area (Å²) in [5.41, 5.74) is 5.26. The number of nitrogen functional groups attached to an aromatic ring is 1. The summed E-state index contributed by atoms with van der Waals surface area (Å²) < 4.78 is 36.4. The third kappa shape index (κ3) is 3.32. The van der Waals surface area contributed by atoms with Crippen molar-refractivity contribution < 1.29 is 18.6 Å². The maximum atomic E-state index is 14.4. The van der Waals surface area contributed by atoms with E-state index in [0.29, 0.717) is 4.57 Å². The van der Waals surface area contributed by atoms with Gasteiger partial charge in [-0.25, -0.2) is 4.79 Å². The quantitative estimate of drug-likeness (QED) is 0.667. The number of hydrogen-bond acceptors (Lipinski definition) is 7. The van der Waals surface area contributed by atoms with Crippen LogP contribution in [0.3, 0.4) is 0 Å². The predicted octanol–water partition coefficient (Wildman–Crippen LogP) is -0.197. The van der Waals surface area contributed by atoms with Gasteiger partial charge >= 0.3 is 11.6 Å². The van der Waals surface area contributed by atoms with Gasteiger partial charge in [0.1, 0.15) is 18.0 Å². The van der Waals surface area contributed by atoms with E-state index >= 15 is 0 Å². The first-order valence-electron chi connectivity index (χ1n) is 7.98. The zero-order valence-electron chi connectivity index (χ0n) is 14.2. The summed E-state index contributed by atoms with van der Waals surface area (Å²) in [7, 11) is 1.77. The van der Waals surface area contributed by atoms with Gasteiger partial charge in [0.25, 0.3) is 0 Å². The number of aliphatic hydroxyl groups excluding tert-OH is 1. The molecule has 0 amide bonds. The monoisotopic (exact) mass is 370 g/mol. The number of anilines is 1. The van der Waals surface area contributed by atoms with E-state index in [1.165, 1.54) is 6.07 Å². The molecule has 0 bridgehead atoms. The van der Waals surface area contributed by atoms with Gasteiger partial charge in [-0.05, 0) is 13.0 Å². The second kappa shape index (κ2) is 6.74. The third-order valence-corrected chi connectivity index (χ3v) is 4.33. The van der Waals surface area contributed by atoms with E-state index < -0.39 is 30.0 Å². The fraction of sp³-hybridized carbons (Fsp3) is 0.533. The van der Waals surface area contributed by atoms with Gasteiger partial charge in [-0.15, -0.1) is 0 Å². The van der Waals surface area contributed by atoms with Crippen LogP contribution in [0.15, 0.2) is 29.5 Å². The lowest BCUT2D eigenvalue weighted by atomic mass is 10.1. The van der Waals surface area contributed by atoms with Gasteiger partial charge in [-0.1, -0.05) is 0 Å². The Morgan fingerprint density at radius 2 is 2.27 bits per heavy atom. The van der Waals surface area contributed by atoms with Crippen LogP contribution in [0.4, 0.5) is 14.6 Å². The van der Waals surface area contributed by atoms with Gasteiger partial charge in [-0.3, -0.25) is 9.25 Å². The molecule has 3 rings (SSSR count). The summed E-state index contributed by atoms with van der Waals surface area (Å²) in [5.74, 6) is -3.75. The second-order valence-electron chi connectivity index (χ2n) is 6.27. The number of nitrogens with zero attached hydrogens (tertiary/aromatic N) is 4. The van der Waals surface area contributed by atoms with Gasteiger partial charge < -0.3 is 20.9 Å². The molecule has 1 saturated heterocycles. The highest BCUT2D eigenvalue weighted by Gasteiger charge is 2.59. The van der Waals surface area contributed by atoms with Crippen molar-refractivity contribution in [3.63, 3.8) is 0 Å². The number of rotatable bonds is 5. The van der Waals surface area contributed by atoms with Crippen LogP contribution in [-0.4, -0.2) is 49.1 Å². The largest absolute Gasteiger partial charge is 0.384 e. The minimum atomic E-state index is -3.66. The summed E-state index contributed by atoms with van der Waals surface area (Å²) in [4.78, 5) is 15.2. The first-order valence-corrected chi connectivity index (χ1v) is 7.98. The minimum Gasteiger partial charge on any atom is -0.384 e. The Kier molecular flexibility index (Phi) is 4.78. The molecule has 142 valence electrons. The summed E-state index contributed by atoms with van der Waals surface area (Å²) >= 11 is 0. The van der Waals surface area contributed by atoms with Gasteiger partial charge in [0.05, 0.1) is 6.20 Å². The predicted molar refractivity (Wildman–Crippen MR) is 87.4 cm³/mol. The normalized spacial score (nSPS) is 26.1. The number of hydrogen-bond donors (Lipinski definition) is 3. The molecule has 0 radical (unpaired) electrons. The number of aliphatic hydroxyl groups is 1. The molecular weight excluding hydrogens is 350 g/mol. The lowest BCUT2D eigenvalue weighted by Crippen LogP contribution is -2.43. The number of alkyl halides is 2. The van der Waals surface area contributed by atoms with E-state index in [0.717, 1.165) is 11.8 Å². The molecular formula is C15H20F2N6O3. The van der Waals surface area contributed by atoms with E-state index in [9.17, 15) is 18.7 Å². The standard InChI is InChI=1S/C15H20F2N6O3/c1-8(9-5-20-22(2)7-9)19-6-10-12(24)15(16,17)13(26-10)23-4-3-11(18)21-14(23)25/h3-5,7-8,10,12-13,19,24H,6H2,1-2H3,(H2,18,21,25)/t8?,10-,12-,13-/m1/s1. The fourth-order valence-corrected chi connectivity index (χ4v) is 2.81. The number of nitrogens with two attached hydrogens (primary N) is 1. The Hall–Kier alpha value is -2.37. The van der Waals surface area contributed by atoms with Crippen molar-refractivity contribution in [2.45, 2.75) is 37.3 Å². The summed E-state index contributed by atoms with van der Waals surface area (Å²) in [5, 5.41) is 17.1. The number of nitrogens with one attached hydrogen (secondary N) is 1. The Balaban J connectivity index is 1.73. The van der Waals surface area contributed by atoms with Crippen LogP contribution in [0.5, 0.6) is 0 Å². The number of aromatic nitrogens is 4. The van der Waals surface area contributed by atoms with Gasteiger partial charge in [-0.2, -0.15) is 18.9 Å². The van der Waals surface area contributed by atoms with Crippen LogP contribution in [-0.2, 0) is 11.8 Å². The Morgan fingerprint density at radius 3 is 2.88 bits per heavy atom. The topological polar surface area (TPSA) is 120 Å². The van der Waals surface area contributed by atoms with Crippen molar-refractivity contribution in [2.24, 2.45) is 7.05 Å². The molecule has 2 aromatic heterocycles. The molecule has 11 heteroatoms. The molecule has 0 aromatic carbocycles. The summed E-state index contributed by atoms with van der Waals surface area (Å²) in [6.07, 6.45) is -0.728. The molecule has 3 heterocycles. The van der Waals surface area contributed by atoms with Crippen LogP contribution in [0, 0.1) is 0 Å². The van der Waals surface area contributed by atoms with Crippen LogP contribution >= 0.6 is 0 Å². The number of aryl methyl sites for hydroxylation is 1. The second-order valence-corrected chi connectivity index (χ2v) is 6.27. The zero-order valence-corrected chi connectivity index (χ0v) is 14.2. The van der Waals surface area contributed by atoms with Gasteiger partial charge in [0.15, 0.2) is 0 Å². The van der Waals surface area contributed by atoms with Crippen molar-refractivity contribution in [1.82, 2.24) is 24.6 Å². The highest BCUT2D eigenvalue weighted by molar-refractivity contribution is 5.23. The van der Waals surface area contributed by atoms with Crippen LogP contribution in [0.25, 0.3) is 0 Å². The number of ether oxygens (including phenoxy) is 1. The molecule has 0 saturated carbocycles. The fourth-order valence-electron chi connectivity index (χ4n) is 2.81. The third-order valence-electron chi connectivity index (χ3n) is 4.33. The minimum absolute atomic E-state index is 0.0412.